The van der Waals surface area contributed by atoms with Gasteiger partial charge in [-0.3, -0.25) is 0 Å². The van der Waals surface area contributed by atoms with Crippen LogP contribution in [-0.2, 0) is 9.59 Å². The van der Waals surface area contributed by atoms with E-state index < -0.39 is 11.9 Å². The summed E-state index contributed by atoms with van der Waals surface area (Å²) in [5, 5.41) is 15.6. The van der Waals surface area contributed by atoms with Crippen LogP contribution < -0.4 is 0 Å². The van der Waals surface area contributed by atoms with Crippen LogP contribution in [0.25, 0.3) is 0 Å². The van der Waals surface area contributed by atoms with E-state index in [1.54, 1.807) is 0 Å². The Morgan fingerprint density at radius 3 is 1.45 bits per heavy atom. The zero-order valence-electron chi connectivity index (χ0n) is 5.53. The van der Waals surface area contributed by atoms with Gasteiger partial charge < -0.3 is 10.2 Å². The van der Waals surface area contributed by atoms with Gasteiger partial charge in [0, 0.05) is 12.2 Å². The van der Waals surface area contributed by atoms with Crippen molar-refractivity contribution < 1.29 is 19.8 Å². The predicted octanol–water partition coefficient (Wildman–Crippen LogP) is 1.08. The zero-order chi connectivity index (χ0) is 9.28. The highest BCUT2D eigenvalue weighted by Crippen LogP contribution is 1.70. The number of carbonyl (C=O) groups is 2. The lowest BCUT2D eigenvalue weighted by atomic mass is 10.5. The molecule has 0 spiro atoms. The highest BCUT2D eigenvalue weighted by Gasteiger charge is 1.88. The van der Waals surface area contributed by atoms with Gasteiger partial charge in [0.05, 0.1) is 0 Å². The summed E-state index contributed by atoms with van der Waals surface area (Å²) in [5.74, 6) is -2.51. The molecule has 0 unspecified atom stereocenters. The molecule has 0 saturated heterocycles. The van der Waals surface area contributed by atoms with Crippen LogP contribution in [0.4, 0.5) is 0 Å². The van der Waals surface area contributed by atoms with Crippen LogP contribution in [0, 0.1) is 0 Å². The van der Waals surface area contributed by atoms with Gasteiger partial charge in [0.25, 0.3) is 0 Å². The van der Waals surface area contributed by atoms with E-state index in [0.717, 1.165) is 0 Å². The average molecular weight is 179 g/mol. The molecule has 0 aliphatic rings. The third-order valence-corrected chi connectivity index (χ3v) is 0.368. The van der Waals surface area contributed by atoms with Crippen molar-refractivity contribution >= 4 is 23.5 Å². The Labute approximate surface area is 68.4 Å². The minimum atomic E-state index is -1.26. The summed E-state index contributed by atoms with van der Waals surface area (Å²) in [5.41, 5.74) is 1.22. The number of rotatable bonds is 2. The summed E-state index contributed by atoms with van der Waals surface area (Å²) >= 11 is 4.76. The van der Waals surface area contributed by atoms with Crippen LogP contribution in [0.3, 0.4) is 0 Å². The van der Waals surface area contributed by atoms with Crippen LogP contribution in [0.1, 0.15) is 0 Å². The Balaban J connectivity index is 0. The molecule has 62 valence electrons. The molecule has 0 saturated carbocycles. The number of carboxylic acids is 2. The number of hydrogen-bond donors (Lipinski definition) is 2. The first-order valence-corrected chi connectivity index (χ1v) is 2.83. The first-order valence-electron chi connectivity index (χ1n) is 2.39. The Morgan fingerprint density at radius 2 is 1.36 bits per heavy atom. The van der Waals surface area contributed by atoms with Gasteiger partial charge in [0.2, 0.25) is 0 Å². The maximum atomic E-state index is 9.55. The molecule has 0 aromatic carbocycles. The number of aliphatic carboxylic acids is 2. The maximum Gasteiger partial charge on any atom is 0.328 e. The fourth-order valence-corrected chi connectivity index (χ4v) is 0.143. The molecule has 0 aromatic rings. The Kier molecular flexibility index (Phi) is 9.81. The molecular formula is C6H7ClO4. The highest BCUT2D eigenvalue weighted by atomic mass is 35.5. The van der Waals surface area contributed by atoms with Crippen molar-refractivity contribution in [1.82, 2.24) is 0 Å². The summed E-state index contributed by atoms with van der Waals surface area (Å²) in [7, 11) is 0. The van der Waals surface area contributed by atoms with Crippen molar-refractivity contribution in [3.05, 3.63) is 24.3 Å². The van der Waals surface area contributed by atoms with E-state index >= 15 is 0 Å². The minimum absolute atomic E-state index is 0.558. The Hall–Kier alpha value is -1.29. The van der Waals surface area contributed by atoms with Gasteiger partial charge in [0.1, 0.15) is 0 Å². The van der Waals surface area contributed by atoms with E-state index in [1.165, 1.54) is 5.54 Å². The molecule has 4 nitrogen and oxygen atoms in total. The topological polar surface area (TPSA) is 74.6 Å². The summed E-state index contributed by atoms with van der Waals surface area (Å²) in [4.78, 5) is 19.1. The number of hydrogen-bond acceptors (Lipinski definition) is 2. The van der Waals surface area contributed by atoms with Gasteiger partial charge in [-0.2, -0.15) is 0 Å². The lowest BCUT2D eigenvalue weighted by Crippen LogP contribution is -1.91. The van der Waals surface area contributed by atoms with E-state index in [-0.39, 0.29) is 0 Å². The lowest BCUT2D eigenvalue weighted by Gasteiger charge is -1.74. The summed E-state index contributed by atoms with van der Waals surface area (Å²) in [6, 6.07) is 0. The molecule has 0 aromatic heterocycles. The van der Waals surface area contributed by atoms with Crippen LogP contribution >= 0.6 is 11.6 Å². The molecule has 0 atom stereocenters. The van der Waals surface area contributed by atoms with Crippen molar-refractivity contribution in [2.75, 3.05) is 0 Å². The molecule has 5 heteroatoms. The fourth-order valence-electron chi connectivity index (χ4n) is 0.143. The molecule has 0 fully saturated rings. The maximum absolute atomic E-state index is 9.55. The number of carboxylic acid groups (broad SMARTS) is 2. The van der Waals surface area contributed by atoms with Crippen LogP contribution in [0.5, 0.6) is 0 Å². The number of halogens is 1. The average Bonchev–Trinajstić information content (AvgIpc) is 1.85. The molecule has 0 aliphatic heterocycles. The third kappa shape index (κ3) is 28.5. The van der Waals surface area contributed by atoms with Crippen molar-refractivity contribution in [2.24, 2.45) is 0 Å². The quantitative estimate of drug-likeness (QED) is 0.621. The SMILES string of the molecule is C=CCl.O=C(O)C=CC(=O)O. The molecule has 0 radical (unpaired) electrons. The van der Waals surface area contributed by atoms with Crippen molar-refractivity contribution in [3.8, 4) is 0 Å². The van der Waals surface area contributed by atoms with Crippen LogP contribution in [-0.4, -0.2) is 22.2 Å². The second-order valence-corrected chi connectivity index (χ2v) is 1.47. The van der Waals surface area contributed by atoms with Gasteiger partial charge in [-0.1, -0.05) is 18.2 Å². The molecular weight excluding hydrogens is 172 g/mol. The molecule has 0 aliphatic carbocycles. The molecule has 11 heavy (non-hydrogen) atoms. The van der Waals surface area contributed by atoms with E-state index in [9.17, 15) is 9.59 Å². The van der Waals surface area contributed by atoms with E-state index in [0.29, 0.717) is 12.2 Å². The standard InChI is InChI=1S/C4H4O4.C2H3Cl/c5-3(6)1-2-4(7)8;1-2-3/h1-2H,(H,5,6)(H,7,8);2H,1H2. The van der Waals surface area contributed by atoms with E-state index in [2.05, 4.69) is 6.58 Å². The van der Waals surface area contributed by atoms with Gasteiger partial charge in [-0.15, -0.1) is 0 Å². The summed E-state index contributed by atoms with van der Waals surface area (Å²) in [6.07, 6.45) is 1.12. The zero-order valence-corrected chi connectivity index (χ0v) is 6.28. The molecule has 0 amide bonds. The van der Waals surface area contributed by atoms with Gasteiger partial charge in [-0.25, -0.2) is 9.59 Å². The van der Waals surface area contributed by atoms with E-state index in [1.807, 2.05) is 0 Å². The lowest BCUT2D eigenvalue weighted by molar-refractivity contribution is -0.134. The highest BCUT2D eigenvalue weighted by molar-refractivity contribution is 6.25. The fraction of sp³-hybridized carbons (Fsp3) is 0. The van der Waals surface area contributed by atoms with E-state index in [4.69, 9.17) is 21.8 Å². The van der Waals surface area contributed by atoms with Gasteiger partial charge >= 0.3 is 11.9 Å². The van der Waals surface area contributed by atoms with Crippen molar-refractivity contribution in [1.29, 1.82) is 0 Å². The van der Waals surface area contributed by atoms with Gasteiger partial charge in [0.15, 0.2) is 0 Å². The monoisotopic (exact) mass is 178 g/mol. The molecule has 0 heterocycles. The first-order chi connectivity index (χ1) is 5.04. The summed E-state index contributed by atoms with van der Waals surface area (Å²) in [6.45, 7) is 3.13. The van der Waals surface area contributed by atoms with Crippen molar-refractivity contribution in [2.45, 2.75) is 0 Å². The smallest absolute Gasteiger partial charge is 0.328 e. The normalized spacial score (nSPS) is 8.09. The van der Waals surface area contributed by atoms with Crippen molar-refractivity contribution in [3.63, 3.8) is 0 Å². The molecule has 2 N–H and O–H groups in total. The van der Waals surface area contributed by atoms with Crippen LogP contribution in [0.15, 0.2) is 24.3 Å². The summed E-state index contributed by atoms with van der Waals surface area (Å²) < 4.78 is 0. The second-order valence-electron chi connectivity index (χ2n) is 1.16. The largest absolute Gasteiger partial charge is 0.478 e. The second kappa shape index (κ2) is 8.71. The third-order valence-electron chi connectivity index (χ3n) is 0.368. The minimum Gasteiger partial charge on any atom is -0.478 e. The van der Waals surface area contributed by atoms with Crippen LogP contribution in [0.2, 0.25) is 0 Å². The Bertz CT molecular complexity index is 157. The molecule has 0 rings (SSSR count). The Morgan fingerprint density at radius 1 is 1.18 bits per heavy atom. The molecule has 0 bridgehead atoms. The first kappa shape index (κ1) is 12.4. The van der Waals surface area contributed by atoms with Gasteiger partial charge in [-0.05, 0) is 5.54 Å². The predicted molar refractivity (Wildman–Crippen MR) is 40.5 cm³/mol.